The van der Waals surface area contributed by atoms with Crippen LogP contribution in [-0.4, -0.2) is 9.13 Å². The van der Waals surface area contributed by atoms with Gasteiger partial charge in [-0.3, -0.25) is 0 Å². The average molecular weight is 741 g/mol. The molecule has 0 saturated carbocycles. The van der Waals surface area contributed by atoms with E-state index in [1.165, 1.54) is 105 Å². The fourth-order valence-electron chi connectivity index (χ4n) is 9.23. The molecule has 9 aromatic carbocycles. The Balaban J connectivity index is 1.06. The van der Waals surface area contributed by atoms with Gasteiger partial charge in [0.25, 0.3) is 0 Å². The molecule has 0 bridgehead atoms. The van der Waals surface area contributed by atoms with Crippen LogP contribution in [0.4, 0.5) is 0 Å². The van der Waals surface area contributed by atoms with E-state index in [1.807, 2.05) is 0 Å². The lowest BCUT2D eigenvalue weighted by atomic mass is 9.91. The summed E-state index contributed by atoms with van der Waals surface area (Å²) in [7, 11) is 0. The fraction of sp³-hybridized carbons (Fsp3) is 0.0357. The summed E-state index contributed by atoms with van der Waals surface area (Å²) >= 11 is 0. The van der Waals surface area contributed by atoms with Crippen molar-refractivity contribution in [1.82, 2.24) is 9.13 Å². The fourth-order valence-corrected chi connectivity index (χ4v) is 9.23. The molecule has 0 aliphatic rings. The zero-order valence-electron chi connectivity index (χ0n) is 32.5. The molecule has 2 aromatic heterocycles. The zero-order valence-corrected chi connectivity index (χ0v) is 32.5. The number of hydrogen-bond acceptors (Lipinski definition) is 0. The number of hydrogen-bond donors (Lipinski definition) is 0. The predicted octanol–water partition coefficient (Wildman–Crippen LogP) is 15.2. The van der Waals surface area contributed by atoms with E-state index >= 15 is 0 Å². The molecule has 0 N–H and O–H groups in total. The third kappa shape index (κ3) is 5.64. The van der Waals surface area contributed by atoms with Gasteiger partial charge in [-0.05, 0) is 125 Å². The van der Waals surface area contributed by atoms with E-state index in [-0.39, 0.29) is 0 Å². The molecule has 11 aromatic rings. The van der Waals surface area contributed by atoms with Crippen LogP contribution in [0.1, 0.15) is 11.1 Å². The highest BCUT2D eigenvalue weighted by Gasteiger charge is 2.18. The summed E-state index contributed by atoms with van der Waals surface area (Å²) < 4.78 is 4.81. The molecule has 11 rings (SSSR count). The van der Waals surface area contributed by atoms with Gasteiger partial charge in [-0.1, -0.05) is 151 Å². The van der Waals surface area contributed by atoms with Crippen LogP contribution in [0.15, 0.2) is 206 Å². The number of aryl methyl sites for hydroxylation is 2. The number of nitrogens with zero attached hydrogens (tertiary/aromatic N) is 2. The van der Waals surface area contributed by atoms with Gasteiger partial charge in [-0.15, -0.1) is 0 Å². The first-order chi connectivity index (χ1) is 28.6. The van der Waals surface area contributed by atoms with Gasteiger partial charge in [0, 0.05) is 32.9 Å². The van der Waals surface area contributed by atoms with E-state index in [4.69, 9.17) is 0 Å². The second-order valence-corrected chi connectivity index (χ2v) is 15.6. The van der Waals surface area contributed by atoms with Crippen molar-refractivity contribution in [2.75, 3.05) is 0 Å². The highest BCUT2D eigenvalue weighted by Crippen LogP contribution is 2.41. The van der Waals surface area contributed by atoms with E-state index < -0.39 is 0 Å². The Morgan fingerprint density at radius 3 is 1.40 bits per heavy atom. The predicted molar refractivity (Wildman–Crippen MR) is 246 cm³/mol. The summed E-state index contributed by atoms with van der Waals surface area (Å²) in [6.07, 6.45) is 0. The summed E-state index contributed by atoms with van der Waals surface area (Å²) in [4.78, 5) is 0. The number of fused-ring (bicyclic) bond motifs is 6. The lowest BCUT2D eigenvalue weighted by Gasteiger charge is -2.16. The number of para-hydroxylation sites is 3. The molecule has 0 spiro atoms. The second kappa shape index (κ2) is 13.7. The molecule has 0 amide bonds. The standard InChI is InChI=1S/C56H40N2/c1-37-30-38(2)32-44(31-37)40-16-13-17-43(33-40)47-27-26-46(36-50(47)39-14-5-3-6-15-39)58-54-23-12-10-21-49(54)52-35-42(25-29-56(52)58)41-24-28-55-51(34-41)48-20-9-11-22-53(48)57(55)45-18-7-4-8-19-45/h3-36H,1-2H3. The Bertz CT molecular complexity index is 3330. The van der Waals surface area contributed by atoms with Crippen LogP contribution in [0.25, 0.3) is 99.5 Å². The van der Waals surface area contributed by atoms with E-state index in [0.717, 1.165) is 5.69 Å². The Morgan fingerprint density at radius 1 is 0.259 bits per heavy atom. The third-order valence-electron chi connectivity index (χ3n) is 11.8. The molecule has 58 heavy (non-hydrogen) atoms. The molecule has 2 nitrogen and oxygen atoms in total. The summed E-state index contributed by atoms with van der Waals surface area (Å²) in [5.74, 6) is 0. The van der Waals surface area contributed by atoms with Crippen molar-refractivity contribution in [3.05, 3.63) is 217 Å². The highest BCUT2D eigenvalue weighted by atomic mass is 15.0. The molecule has 274 valence electrons. The van der Waals surface area contributed by atoms with Crippen LogP contribution < -0.4 is 0 Å². The third-order valence-corrected chi connectivity index (χ3v) is 11.8. The molecule has 2 heteroatoms. The minimum Gasteiger partial charge on any atom is -0.309 e. The monoisotopic (exact) mass is 740 g/mol. The quantitative estimate of drug-likeness (QED) is 0.161. The summed E-state index contributed by atoms with van der Waals surface area (Å²) in [6.45, 7) is 4.35. The van der Waals surface area contributed by atoms with E-state index in [9.17, 15) is 0 Å². The molecular formula is C56H40N2. The maximum atomic E-state index is 2.44. The van der Waals surface area contributed by atoms with Crippen molar-refractivity contribution in [2.24, 2.45) is 0 Å². The largest absolute Gasteiger partial charge is 0.309 e. The molecule has 0 unspecified atom stereocenters. The lowest BCUT2D eigenvalue weighted by Crippen LogP contribution is -1.96. The van der Waals surface area contributed by atoms with Crippen molar-refractivity contribution in [3.8, 4) is 55.9 Å². The minimum absolute atomic E-state index is 1.14. The van der Waals surface area contributed by atoms with Gasteiger partial charge < -0.3 is 9.13 Å². The van der Waals surface area contributed by atoms with Crippen molar-refractivity contribution in [1.29, 1.82) is 0 Å². The van der Waals surface area contributed by atoms with Gasteiger partial charge in [0.1, 0.15) is 0 Å². The van der Waals surface area contributed by atoms with Crippen molar-refractivity contribution >= 4 is 43.6 Å². The molecule has 0 aliphatic carbocycles. The molecule has 0 radical (unpaired) electrons. The van der Waals surface area contributed by atoms with Crippen LogP contribution in [-0.2, 0) is 0 Å². The zero-order chi connectivity index (χ0) is 38.7. The Kier molecular flexibility index (Phi) is 7.97. The Labute approximate surface area is 338 Å². The van der Waals surface area contributed by atoms with Crippen LogP contribution in [0.5, 0.6) is 0 Å². The van der Waals surface area contributed by atoms with Crippen molar-refractivity contribution in [2.45, 2.75) is 13.8 Å². The van der Waals surface area contributed by atoms with Gasteiger partial charge in [-0.2, -0.15) is 0 Å². The van der Waals surface area contributed by atoms with E-state index in [1.54, 1.807) is 0 Å². The van der Waals surface area contributed by atoms with E-state index in [0.29, 0.717) is 0 Å². The van der Waals surface area contributed by atoms with Crippen LogP contribution in [0.2, 0.25) is 0 Å². The van der Waals surface area contributed by atoms with Gasteiger partial charge in [0.2, 0.25) is 0 Å². The average Bonchev–Trinajstić information content (AvgIpc) is 3.79. The molecule has 0 fully saturated rings. The van der Waals surface area contributed by atoms with Crippen molar-refractivity contribution < 1.29 is 0 Å². The van der Waals surface area contributed by atoms with Gasteiger partial charge in [-0.25, -0.2) is 0 Å². The molecule has 2 heterocycles. The summed E-state index contributed by atoms with van der Waals surface area (Å²) in [6, 6.07) is 75.8. The van der Waals surface area contributed by atoms with Gasteiger partial charge in [0.15, 0.2) is 0 Å². The molecule has 0 aliphatic heterocycles. The van der Waals surface area contributed by atoms with Crippen LogP contribution in [0, 0.1) is 13.8 Å². The maximum absolute atomic E-state index is 2.44. The minimum atomic E-state index is 1.14. The maximum Gasteiger partial charge on any atom is 0.0541 e. The van der Waals surface area contributed by atoms with Gasteiger partial charge >= 0.3 is 0 Å². The summed E-state index contributed by atoms with van der Waals surface area (Å²) in [5.41, 5.74) is 19.4. The van der Waals surface area contributed by atoms with Crippen LogP contribution in [0.3, 0.4) is 0 Å². The summed E-state index contributed by atoms with van der Waals surface area (Å²) in [5, 5.41) is 5.00. The molecule has 0 atom stereocenters. The van der Waals surface area contributed by atoms with Crippen molar-refractivity contribution in [3.63, 3.8) is 0 Å². The SMILES string of the molecule is Cc1cc(C)cc(-c2cccc(-c3ccc(-n4c5ccccc5c5cc(-c6ccc7c(c6)c6ccccc6n7-c6ccccc6)ccc54)cc3-c3ccccc3)c2)c1. The Morgan fingerprint density at radius 2 is 0.759 bits per heavy atom. The number of rotatable bonds is 6. The highest BCUT2D eigenvalue weighted by molar-refractivity contribution is 6.13. The molecular weight excluding hydrogens is 701 g/mol. The smallest absolute Gasteiger partial charge is 0.0541 e. The Hall–Kier alpha value is -7.42. The molecule has 0 saturated heterocycles. The first kappa shape index (κ1) is 33.9. The first-order valence-electron chi connectivity index (χ1n) is 20.1. The second-order valence-electron chi connectivity index (χ2n) is 15.6. The lowest BCUT2D eigenvalue weighted by molar-refractivity contribution is 1.18. The topological polar surface area (TPSA) is 9.86 Å². The van der Waals surface area contributed by atoms with Gasteiger partial charge in [0.05, 0.1) is 22.1 Å². The first-order valence-corrected chi connectivity index (χ1v) is 20.1. The number of benzene rings is 9. The van der Waals surface area contributed by atoms with E-state index in [2.05, 4.69) is 229 Å². The normalized spacial score (nSPS) is 11.6. The van der Waals surface area contributed by atoms with Crippen LogP contribution >= 0.6 is 0 Å². The number of aromatic nitrogens is 2.